The molecule has 1 fully saturated rings. The third-order valence-corrected chi connectivity index (χ3v) is 5.35. The molecule has 1 aliphatic heterocycles. The number of hydrogen-bond donors (Lipinski definition) is 2. The summed E-state index contributed by atoms with van der Waals surface area (Å²) in [6, 6.07) is 13.0. The molecule has 0 spiro atoms. The first-order valence-corrected chi connectivity index (χ1v) is 10.9. The lowest BCUT2D eigenvalue weighted by Crippen LogP contribution is -2.44. The van der Waals surface area contributed by atoms with Crippen molar-refractivity contribution in [3.8, 4) is 5.75 Å². The Balaban J connectivity index is 1.35. The van der Waals surface area contributed by atoms with E-state index in [1.807, 2.05) is 54.0 Å². The van der Waals surface area contributed by atoms with Crippen molar-refractivity contribution in [3.63, 3.8) is 0 Å². The van der Waals surface area contributed by atoms with Crippen molar-refractivity contribution in [1.82, 2.24) is 20.0 Å². The van der Waals surface area contributed by atoms with Gasteiger partial charge >= 0.3 is 6.61 Å². The highest BCUT2D eigenvalue weighted by atomic mass is 19.3. The van der Waals surface area contributed by atoms with Gasteiger partial charge in [-0.05, 0) is 37.6 Å². The molecule has 32 heavy (non-hydrogen) atoms. The molecule has 2 aromatic heterocycles. The topological polar surface area (TPSA) is 66.2 Å². The molecule has 0 aliphatic carbocycles. The molecule has 1 atom stereocenters. The highest BCUT2D eigenvalue weighted by molar-refractivity contribution is 5.80. The quantitative estimate of drug-likeness (QED) is 0.414. The van der Waals surface area contributed by atoms with Gasteiger partial charge in [0.1, 0.15) is 11.4 Å². The summed E-state index contributed by atoms with van der Waals surface area (Å²) in [6.45, 7) is 1.98. The summed E-state index contributed by atoms with van der Waals surface area (Å²) >= 11 is 0. The smallest absolute Gasteiger partial charge is 0.387 e. The van der Waals surface area contributed by atoms with Crippen molar-refractivity contribution in [2.45, 2.75) is 32.4 Å². The van der Waals surface area contributed by atoms with E-state index in [9.17, 15) is 8.78 Å². The highest BCUT2D eigenvalue weighted by Gasteiger charge is 2.26. The minimum absolute atomic E-state index is 0.155. The SMILES string of the molecule is CCNC(=NCCc1cn2ccccc2n1)NC1CCN(c2ccccc2OC(F)F)C1. The van der Waals surface area contributed by atoms with Gasteiger partial charge in [-0.2, -0.15) is 8.78 Å². The third kappa shape index (κ3) is 5.46. The maximum atomic E-state index is 12.7. The Morgan fingerprint density at radius 3 is 2.91 bits per heavy atom. The van der Waals surface area contributed by atoms with E-state index < -0.39 is 6.61 Å². The number of para-hydroxylation sites is 2. The third-order valence-electron chi connectivity index (χ3n) is 5.35. The first kappa shape index (κ1) is 21.9. The fourth-order valence-electron chi connectivity index (χ4n) is 3.91. The van der Waals surface area contributed by atoms with E-state index in [4.69, 9.17) is 9.73 Å². The van der Waals surface area contributed by atoms with E-state index in [0.29, 0.717) is 18.8 Å². The van der Waals surface area contributed by atoms with E-state index in [2.05, 4.69) is 20.5 Å². The second-order valence-corrected chi connectivity index (χ2v) is 7.63. The number of nitrogens with one attached hydrogen (secondary N) is 2. The largest absolute Gasteiger partial charge is 0.433 e. The van der Waals surface area contributed by atoms with E-state index in [-0.39, 0.29) is 11.8 Å². The summed E-state index contributed by atoms with van der Waals surface area (Å²) in [4.78, 5) is 11.4. The Bertz CT molecular complexity index is 1020. The van der Waals surface area contributed by atoms with E-state index in [1.165, 1.54) is 0 Å². The summed E-state index contributed by atoms with van der Waals surface area (Å²) in [7, 11) is 0. The molecule has 1 unspecified atom stereocenters. The van der Waals surface area contributed by atoms with Gasteiger partial charge in [0, 0.05) is 51.0 Å². The molecule has 3 aromatic rings. The summed E-state index contributed by atoms with van der Waals surface area (Å²) in [5, 5.41) is 6.76. The molecule has 2 N–H and O–H groups in total. The molecule has 9 heteroatoms. The van der Waals surface area contributed by atoms with Crippen molar-refractivity contribution in [3.05, 3.63) is 60.6 Å². The number of pyridine rings is 1. The number of fused-ring (bicyclic) bond motifs is 1. The van der Waals surface area contributed by atoms with Crippen LogP contribution < -0.4 is 20.3 Å². The van der Waals surface area contributed by atoms with Gasteiger partial charge in [0.2, 0.25) is 0 Å². The first-order chi connectivity index (χ1) is 15.6. The zero-order valence-corrected chi connectivity index (χ0v) is 18.0. The Morgan fingerprint density at radius 2 is 2.09 bits per heavy atom. The summed E-state index contributed by atoms with van der Waals surface area (Å²) < 4.78 is 32.2. The molecule has 1 aromatic carbocycles. The van der Waals surface area contributed by atoms with E-state index >= 15 is 0 Å². The van der Waals surface area contributed by atoms with E-state index in [0.717, 1.165) is 43.2 Å². The lowest BCUT2D eigenvalue weighted by atomic mass is 10.2. The Kier molecular flexibility index (Phi) is 7.03. The van der Waals surface area contributed by atoms with Crippen LogP contribution in [0.1, 0.15) is 19.0 Å². The van der Waals surface area contributed by atoms with Gasteiger partial charge in [0.05, 0.1) is 11.4 Å². The van der Waals surface area contributed by atoms with Gasteiger partial charge in [-0.3, -0.25) is 4.99 Å². The van der Waals surface area contributed by atoms with Crippen molar-refractivity contribution >= 4 is 17.3 Å². The minimum Gasteiger partial charge on any atom is -0.433 e. The van der Waals surface area contributed by atoms with Gasteiger partial charge < -0.3 is 24.7 Å². The number of halogens is 2. The number of anilines is 1. The average molecular weight is 443 g/mol. The maximum Gasteiger partial charge on any atom is 0.387 e. The normalized spacial score (nSPS) is 16.7. The zero-order chi connectivity index (χ0) is 22.3. The first-order valence-electron chi connectivity index (χ1n) is 10.9. The van der Waals surface area contributed by atoms with E-state index in [1.54, 1.807) is 12.1 Å². The number of nitrogens with zero attached hydrogens (tertiary/aromatic N) is 4. The Labute approximate surface area is 186 Å². The summed E-state index contributed by atoms with van der Waals surface area (Å²) in [5.41, 5.74) is 2.61. The number of aromatic nitrogens is 2. The predicted octanol–water partition coefficient (Wildman–Crippen LogP) is 3.31. The van der Waals surface area contributed by atoms with Crippen LogP contribution in [0.4, 0.5) is 14.5 Å². The zero-order valence-electron chi connectivity index (χ0n) is 18.0. The van der Waals surface area contributed by atoms with Crippen LogP contribution >= 0.6 is 0 Å². The fraction of sp³-hybridized carbons (Fsp3) is 0.391. The number of rotatable bonds is 8. The summed E-state index contributed by atoms with van der Waals surface area (Å²) in [6.07, 6.45) is 5.63. The monoisotopic (exact) mass is 442 g/mol. The number of hydrogen-bond acceptors (Lipinski definition) is 4. The Hall–Kier alpha value is -3.36. The van der Waals surface area contributed by atoms with Crippen LogP contribution in [0.5, 0.6) is 5.75 Å². The van der Waals surface area contributed by atoms with Crippen molar-refractivity contribution < 1.29 is 13.5 Å². The molecule has 0 amide bonds. The van der Waals surface area contributed by atoms with Crippen LogP contribution in [0, 0.1) is 0 Å². The molecule has 170 valence electrons. The van der Waals surface area contributed by atoms with Crippen molar-refractivity contribution in [2.75, 3.05) is 31.1 Å². The van der Waals surface area contributed by atoms with Crippen LogP contribution in [0.2, 0.25) is 0 Å². The molecule has 3 heterocycles. The number of benzene rings is 1. The molecule has 0 bridgehead atoms. The van der Waals surface area contributed by atoms with Gasteiger partial charge in [-0.15, -0.1) is 0 Å². The van der Waals surface area contributed by atoms with Gasteiger partial charge in [0.25, 0.3) is 0 Å². The fourth-order valence-corrected chi connectivity index (χ4v) is 3.91. The van der Waals surface area contributed by atoms with Crippen molar-refractivity contribution in [2.24, 2.45) is 4.99 Å². The lowest BCUT2D eigenvalue weighted by Gasteiger charge is -2.22. The van der Waals surface area contributed by atoms with Gasteiger partial charge in [0.15, 0.2) is 5.96 Å². The molecule has 7 nitrogen and oxygen atoms in total. The maximum absolute atomic E-state index is 12.7. The minimum atomic E-state index is -2.84. The second kappa shape index (κ2) is 10.3. The molecule has 0 radical (unpaired) electrons. The lowest BCUT2D eigenvalue weighted by molar-refractivity contribution is -0.0495. The second-order valence-electron chi connectivity index (χ2n) is 7.63. The van der Waals surface area contributed by atoms with Crippen molar-refractivity contribution in [1.29, 1.82) is 0 Å². The number of guanidine groups is 1. The summed E-state index contributed by atoms with van der Waals surface area (Å²) in [5.74, 6) is 0.955. The van der Waals surface area contributed by atoms with Crippen LogP contribution in [0.3, 0.4) is 0 Å². The van der Waals surface area contributed by atoms with Crippen LogP contribution in [-0.4, -0.2) is 54.2 Å². The molecule has 1 saturated heterocycles. The molecule has 1 aliphatic rings. The number of ether oxygens (including phenoxy) is 1. The highest BCUT2D eigenvalue weighted by Crippen LogP contribution is 2.31. The van der Waals surface area contributed by atoms with Crippen LogP contribution in [0.15, 0.2) is 59.9 Å². The number of aliphatic imine (C=N–C) groups is 1. The molecule has 4 rings (SSSR count). The predicted molar refractivity (Wildman–Crippen MR) is 122 cm³/mol. The van der Waals surface area contributed by atoms with Gasteiger partial charge in [-0.1, -0.05) is 18.2 Å². The van der Waals surface area contributed by atoms with Crippen LogP contribution in [-0.2, 0) is 6.42 Å². The molecular weight excluding hydrogens is 414 g/mol. The molecular formula is C23H28F2N6O. The average Bonchev–Trinajstić information content (AvgIpc) is 3.40. The van der Waals surface area contributed by atoms with Crippen LogP contribution in [0.25, 0.3) is 5.65 Å². The number of imidazole rings is 1. The number of alkyl halides is 2. The van der Waals surface area contributed by atoms with Gasteiger partial charge in [-0.25, -0.2) is 4.98 Å². The Morgan fingerprint density at radius 1 is 1.25 bits per heavy atom. The molecule has 0 saturated carbocycles. The standard InChI is InChI=1S/C23H28F2N6O/c1-2-26-23(27-12-10-17-16-31-13-6-5-9-21(31)28-17)29-18-11-14-30(15-18)19-7-3-4-8-20(19)32-22(24)25/h3-9,13,16,18,22H,2,10-12,14-15H2,1H3,(H2,26,27,29).